The quantitative estimate of drug-likeness (QED) is 0.773. The molecule has 1 aromatic rings. The first-order valence-electron chi connectivity index (χ1n) is 8.25. The predicted octanol–water partition coefficient (Wildman–Crippen LogP) is 4.87. The van der Waals surface area contributed by atoms with E-state index in [4.69, 9.17) is 9.47 Å². The van der Waals surface area contributed by atoms with Crippen LogP contribution >= 0.6 is 0 Å². The lowest BCUT2D eigenvalue weighted by Gasteiger charge is -2.28. The van der Waals surface area contributed by atoms with E-state index in [1.54, 1.807) is 11.9 Å². The molecule has 0 aliphatic heterocycles. The van der Waals surface area contributed by atoms with E-state index in [1.807, 2.05) is 20.8 Å². The van der Waals surface area contributed by atoms with Crippen LogP contribution in [-0.2, 0) is 10.9 Å². The first kappa shape index (κ1) is 19.4. The van der Waals surface area contributed by atoms with E-state index in [0.717, 1.165) is 25.0 Å². The number of hydrogen-bond donors (Lipinski definition) is 0. The monoisotopic (exact) mass is 359 g/mol. The van der Waals surface area contributed by atoms with Crippen molar-refractivity contribution in [3.63, 3.8) is 0 Å². The topological polar surface area (TPSA) is 38.8 Å². The van der Waals surface area contributed by atoms with Crippen molar-refractivity contribution in [2.45, 2.75) is 64.0 Å². The Balaban J connectivity index is 1.89. The highest BCUT2D eigenvalue weighted by molar-refractivity contribution is 5.68. The summed E-state index contributed by atoms with van der Waals surface area (Å²) >= 11 is 0. The highest BCUT2D eigenvalue weighted by Crippen LogP contribution is 2.32. The number of nitrogens with zero attached hydrogens (tertiary/aromatic N) is 1. The SMILES string of the molecule is CN(C(=O)OC(C)(C)C)C1CCC(Oc2ccc(C(F)(F)F)cc2)C1. The third-order valence-corrected chi connectivity index (χ3v) is 4.07. The van der Waals surface area contributed by atoms with Crippen molar-refractivity contribution in [3.05, 3.63) is 29.8 Å². The molecule has 140 valence electrons. The van der Waals surface area contributed by atoms with Crippen LogP contribution in [0.25, 0.3) is 0 Å². The fourth-order valence-corrected chi connectivity index (χ4v) is 2.77. The van der Waals surface area contributed by atoms with Crippen molar-refractivity contribution >= 4 is 6.09 Å². The highest BCUT2D eigenvalue weighted by atomic mass is 19.4. The van der Waals surface area contributed by atoms with Crippen LogP contribution in [-0.4, -0.2) is 35.8 Å². The summed E-state index contributed by atoms with van der Waals surface area (Å²) in [6.45, 7) is 5.43. The van der Waals surface area contributed by atoms with Gasteiger partial charge in [0.1, 0.15) is 17.5 Å². The third kappa shape index (κ3) is 5.54. The van der Waals surface area contributed by atoms with Gasteiger partial charge in [-0.25, -0.2) is 4.79 Å². The molecule has 0 radical (unpaired) electrons. The maximum atomic E-state index is 12.6. The Kier molecular flexibility index (Phi) is 5.54. The zero-order valence-electron chi connectivity index (χ0n) is 14.9. The molecular formula is C18H24F3NO3. The van der Waals surface area contributed by atoms with Gasteiger partial charge in [-0.05, 0) is 57.9 Å². The summed E-state index contributed by atoms with van der Waals surface area (Å²) in [6.07, 6.45) is -2.75. The Morgan fingerprint density at radius 2 is 1.72 bits per heavy atom. The lowest BCUT2D eigenvalue weighted by Crippen LogP contribution is -2.40. The summed E-state index contributed by atoms with van der Waals surface area (Å²) in [6, 6.07) is 4.67. The standard InChI is InChI=1S/C18H24F3NO3/c1-17(2,3)25-16(23)22(4)13-7-10-15(11-13)24-14-8-5-12(6-9-14)18(19,20)21/h5-6,8-9,13,15H,7,10-11H2,1-4H3. The maximum absolute atomic E-state index is 12.6. The second-order valence-electron chi connectivity index (χ2n) is 7.32. The summed E-state index contributed by atoms with van der Waals surface area (Å²) in [5, 5.41) is 0. The van der Waals surface area contributed by atoms with E-state index < -0.39 is 17.3 Å². The van der Waals surface area contributed by atoms with Crippen LogP contribution in [0.2, 0.25) is 0 Å². The van der Waals surface area contributed by atoms with E-state index in [1.165, 1.54) is 12.1 Å². The molecule has 0 heterocycles. The van der Waals surface area contributed by atoms with Crippen LogP contribution in [0.15, 0.2) is 24.3 Å². The predicted molar refractivity (Wildman–Crippen MR) is 87.5 cm³/mol. The summed E-state index contributed by atoms with van der Waals surface area (Å²) < 4.78 is 48.8. The van der Waals surface area contributed by atoms with Crippen molar-refractivity contribution in [2.24, 2.45) is 0 Å². The average molecular weight is 359 g/mol. The third-order valence-electron chi connectivity index (χ3n) is 4.07. The van der Waals surface area contributed by atoms with E-state index in [9.17, 15) is 18.0 Å². The normalized spacial score (nSPS) is 21.1. The molecule has 0 bridgehead atoms. The number of carbonyl (C=O) groups excluding carboxylic acids is 1. The van der Waals surface area contributed by atoms with E-state index in [0.29, 0.717) is 12.2 Å². The van der Waals surface area contributed by atoms with Crippen LogP contribution in [0.3, 0.4) is 0 Å². The summed E-state index contributed by atoms with van der Waals surface area (Å²) in [4.78, 5) is 13.7. The number of ether oxygens (including phenoxy) is 2. The molecule has 1 saturated carbocycles. The van der Waals surface area contributed by atoms with Gasteiger partial charge in [-0.1, -0.05) is 0 Å². The maximum Gasteiger partial charge on any atom is 0.416 e. The van der Waals surface area contributed by atoms with Gasteiger partial charge in [0.15, 0.2) is 0 Å². The number of benzene rings is 1. The van der Waals surface area contributed by atoms with Crippen molar-refractivity contribution in [2.75, 3.05) is 7.05 Å². The number of alkyl halides is 3. The van der Waals surface area contributed by atoms with Crippen molar-refractivity contribution in [3.8, 4) is 5.75 Å². The zero-order valence-corrected chi connectivity index (χ0v) is 14.9. The Labute approximate surface area is 145 Å². The first-order valence-corrected chi connectivity index (χ1v) is 8.25. The van der Waals surface area contributed by atoms with Gasteiger partial charge < -0.3 is 14.4 Å². The average Bonchev–Trinajstić information content (AvgIpc) is 2.92. The van der Waals surface area contributed by atoms with Gasteiger partial charge in [-0.2, -0.15) is 13.2 Å². The van der Waals surface area contributed by atoms with Crippen LogP contribution in [0.1, 0.15) is 45.6 Å². The van der Waals surface area contributed by atoms with Gasteiger partial charge in [0.25, 0.3) is 0 Å². The number of amides is 1. The Morgan fingerprint density at radius 3 is 2.24 bits per heavy atom. The number of rotatable bonds is 3. The molecule has 0 N–H and O–H groups in total. The highest BCUT2D eigenvalue weighted by Gasteiger charge is 2.33. The summed E-state index contributed by atoms with van der Waals surface area (Å²) in [5.41, 5.74) is -1.26. The van der Waals surface area contributed by atoms with Crippen molar-refractivity contribution in [1.29, 1.82) is 0 Å². The van der Waals surface area contributed by atoms with Crippen molar-refractivity contribution < 1.29 is 27.4 Å². The molecule has 0 spiro atoms. The second-order valence-corrected chi connectivity index (χ2v) is 7.32. The Hall–Kier alpha value is -1.92. The minimum Gasteiger partial charge on any atom is -0.490 e. The Morgan fingerprint density at radius 1 is 1.12 bits per heavy atom. The number of halogens is 3. The Bertz CT molecular complexity index is 593. The molecule has 2 rings (SSSR count). The molecule has 1 amide bonds. The van der Waals surface area contributed by atoms with Gasteiger partial charge >= 0.3 is 12.3 Å². The van der Waals surface area contributed by atoms with Gasteiger partial charge in [0.05, 0.1) is 5.56 Å². The van der Waals surface area contributed by atoms with Gasteiger partial charge in [0.2, 0.25) is 0 Å². The fourth-order valence-electron chi connectivity index (χ4n) is 2.77. The van der Waals surface area contributed by atoms with Gasteiger partial charge in [-0.3, -0.25) is 0 Å². The molecule has 7 heteroatoms. The molecule has 4 nitrogen and oxygen atoms in total. The van der Waals surface area contributed by atoms with Crippen LogP contribution in [0.5, 0.6) is 5.75 Å². The molecule has 2 atom stereocenters. The second kappa shape index (κ2) is 7.14. The number of carbonyl (C=O) groups is 1. The zero-order chi connectivity index (χ0) is 18.8. The van der Waals surface area contributed by atoms with Crippen LogP contribution < -0.4 is 4.74 Å². The van der Waals surface area contributed by atoms with Gasteiger partial charge in [-0.15, -0.1) is 0 Å². The van der Waals surface area contributed by atoms with Crippen LogP contribution in [0, 0.1) is 0 Å². The van der Waals surface area contributed by atoms with Crippen LogP contribution in [0.4, 0.5) is 18.0 Å². The largest absolute Gasteiger partial charge is 0.490 e. The minimum atomic E-state index is -4.35. The molecule has 2 unspecified atom stereocenters. The number of hydrogen-bond acceptors (Lipinski definition) is 3. The molecule has 1 aliphatic carbocycles. The van der Waals surface area contributed by atoms with E-state index in [-0.39, 0.29) is 18.2 Å². The van der Waals surface area contributed by atoms with Gasteiger partial charge in [0, 0.05) is 19.5 Å². The summed E-state index contributed by atoms with van der Waals surface area (Å²) in [5.74, 6) is 0.401. The lowest BCUT2D eigenvalue weighted by atomic mass is 10.2. The minimum absolute atomic E-state index is 0.00528. The van der Waals surface area contributed by atoms with E-state index >= 15 is 0 Å². The first-order chi connectivity index (χ1) is 11.5. The summed E-state index contributed by atoms with van der Waals surface area (Å²) in [7, 11) is 1.69. The smallest absolute Gasteiger partial charge is 0.416 e. The fraction of sp³-hybridized carbons (Fsp3) is 0.611. The molecule has 0 aromatic heterocycles. The molecule has 1 aliphatic rings. The molecule has 0 saturated heterocycles. The molecule has 25 heavy (non-hydrogen) atoms. The lowest BCUT2D eigenvalue weighted by molar-refractivity contribution is -0.137. The van der Waals surface area contributed by atoms with Crippen molar-refractivity contribution in [1.82, 2.24) is 4.90 Å². The molecule has 1 aromatic carbocycles. The molecule has 1 fully saturated rings. The van der Waals surface area contributed by atoms with E-state index in [2.05, 4.69) is 0 Å². The molecular weight excluding hydrogens is 335 g/mol.